The Bertz CT molecular complexity index is 842. The van der Waals surface area contributed by atoms with Crippen LogP contribution < -0.4 is 10.1 Å². The summed E-state index contributed by atoms with van der Waals surface area (Å²) in [6.45, 7) is 0.297. The van der Waals surface area contributed by atoms with Crippen LogP contribution in [0.5, 0.6) is 5.75 Å². The molecule has 2 aromatic heterocycles. The van der Waals surface area contributed by atoms with E-state index in [0.717, 1.165) is 12.8 Å². The first-order valence-corrected chi connectivity index (χ1v) is 8.52. The van der Waals surface area contributed by atoms with Crippen LogP contribution in [0.3, 0.4) is 0 Å². The molecule has 0 spiro atoms. The van der Waals surface area contributed by atoms with Crippen molar-refractivity contribution in [2.45, 2.75) is 25.5 Å². The van der Waals surface area contributed by atoms with E-state index in [1.165, 1.54) is 11.3 Å². The molecule has 1 aliphatic carbocycles. The zero-order valence-corrected chi connectivity index (χ0v) is 13.6. The molecule has 0 radical (unpaired) electrons. The van der Waals surface area contributed by atoms with E-state index in [4.69, 9.17) is 4.74 Å². The predicted octanol–water partition coefficient (Wildman–Crippen LogP) is 2.90. The van der Waals surface area contributed by atoms with Crippen molar-refractivity contribution in [1.82, 2.24) is 20.2 Å². The summed E-state index contributed by atoms with van der Waals surface area (Å²) >= 11 is 1.40. The molecule has 1 aliphatic rings. The lowest BCUT2D eigenvalue weighted by Crippen LogP contribution is -2.10. The van der Waals surface area contributed by atoms with Crippen molar-refractivity contribution in [3.63, 3.8) is 0 Å². The maximum Gasteiger partial charge on any atom is 0.265 e. The molecule has 7 nitrogen and oxygen atoms in total. The summed E-state index contributed by atoms with van der Waals surface area (Å²) in [5.74, 6) is 1.25. The summed E-state index contributed by atoms with van der Waals surface area (Å²) in [5, 5.41) is 16.4. The number of anilines is 1. The van der Waals surface area contributed by atoms with Gasteiger partial charge in [-0.15, -0.1) is 16.4 Å². The summed E-state index contributed by atoms with van der Waals surface area (Å²) < 4.78 is 7.59. The number of nitrogens with one attached hydrogen (secondary N) is 1. The highest BCUT2D eigenvalue weighted by molar-refractivity contribution is 7.12. The number of carbonyl (C=O) groups is 1. The second-order valence-corrected chi connectivity index (χ2v) is 6.47. The zero-order chi connectivity index (χ0) is 16.4. The highest BCUT2D eigenvalue weighted by Crippen LogP contribution is 2.34. The molecule has 0 saturated heterocycles. The van der Waals surface area contributed by atoms with Gasteiger partial charge in [0, 0.05) is 11.8 Å². The van der Waals surface area contributed by atoms with Crippen molar-refractivity contribution in [3.8, 4) is 5.75 Å². The molecule has 0 atom stereocenters. The third-order valence-corrected chi connectivity index (χ3v) is 4.53. The van der Waals surface area contributed by atoms with E-state index in [1.807, 2.05) is 34.3 Å². The Morgan fingerprint density at radius 2 is 2.25 bits per heavy atom. The maximum absolute atomic E-state index is 12.1. The molecular formula is C16H15N5O2S. The summed E-state index contributed by atoms with van der Waals surface area (Å²) in [6.07, 6.45) is 2.23. The maximum atomic E-state index is 12.1. The van der Waals surface area contributed by atoms with Crippen molar-refractivity contribution in [3.05, 3.63) is 52.5 Å². The second kappa shape index (κ2) is 6.40. The Morgan fingerprint density at radius 3 is 3.04 bits per heavy atom. The molecular weight excluding hydrogens is 326 g/mol. The fourth-order valence-corrected chi connectivity index (χ4v) is 2.94. The molecule has 24 heavy (non-hydrogen) atoms. The van der Waals surface area contributed by atoms with Gasteiger partial charge in [0.25, 0.3) is 5.91 Å². The fraction of sp³-hybridized carbons (Fsp3) is 0.250. The van der Waals surface area contributed by atoms with Crippen LogP contribution in [0.4, 0.5) is 5.69 Å². The number of benzene rings is 1. The van der Waals surface area contributed by atoms with Gasteiger partial charge in [-0.2, -0.15) is 0 Å². The van der Waals surface area contributed by atoms with Crippen molar-refractivity contribution in [2.24, 2.45) is 0 Å². The Hall–Kier alpha value is -2.74. The van der Waals surface area contributed by atoms with Crippen LogP contribution >= 0.6 is 11.3 Å². The largest absolute Gasteiger partial charge is 0.485 e. The Balaban J connectivity index is 1.41. The first-order chi connectivity index (χ1) is 11.8. The van der Waals surface area contributed by atoms with Crippen molar-refractivity contribution < 1.29 is 9.53 Å². The molecule has 122 valence electrons. The standard InChI is InChI=1S/C16H15N5O2S/c22-16(14-5-2-8-24-14)17-11-3-1-4-13(9-11)23-10-15-18-19-20-21(15)12-6-7-12/h1-5,8-9,12H,6-7,10H2,(H,17,22). The third-order valence-electron chi connectivity index (χ3n) is 3.66. The van der Waals surface area contributed by atoms with Gasteiger partial charge in [0.2, 0.25) is 0 Å². The SMILES string of the molecule is O=C(Nc1cccc(OCc2nnnn2C2CC2)c1)c1cccs1. The number of hydrogen-bond acceptors (Lipinski definition) is 6. The van der Waals surface area contributed by atoms with Crippen molar-refractivity contribution in [2.75, 3.05) is 5.32 Å². The van der Waals surface area contributed by atoms with E-state index in [-0.39, 0.29) is 5.91 Å². The summed E-state index contributed by atoms with van der Waals surface area (Å²) in [5.41, 5.74) is 0.688. The molecule has 3 aromatic rings. The number of thiophene rings is 1. The second-order valence-electron chi connectivity index (χ2n) is 5.52. The lowest BCUT2D eigenvalue weighted by Gasteiger charge is -2.09. The molecule has 1 aromatic carbocycles. The van der Waals surface area contributed by atoms with Crippen LogP contribution in [0.25, 0.3) is 0 Å². The van der Waals surface area contributed by atoms with Gasteiger partial charge in [0.05, 0.1) is 10.9 Å². The van der Waals surface area contributed by atoms with Crippen molar-refractivity contribution >= 4 is 22.9 Å². The molecule has 8 heteroatoms. The van der Waals surface area contributed by atoms with Crippen LogP contribution in [0.1, 0.15) is 34.4 Å². The number of hydrogen-bond donors (Lipinski definition) is 1. The lowest BCUT2D eigenvalue weighted by molar-refractivity contribution is 0.103. The normalized spacial score (nSPS) is 13.7. The minimum Gasteiger partial charge on any atom is -0.485 e. The lowest BCUT2D eigenvalue weighted by atomic mass is 10.3. The smallest absolute Gasteiger partial charge is 0.265 e. The highest BCUT2D eigenvalue weighted by atomic mass is 32.1. The average molecular weight is 341 g/mol. The van der Waals surface area contributed by atoms with Crippen LogP contribution in [-0.2, 0) is 6.61 Å². The van der Waals surface area contributed by atoms with Gasteiger partial charge in [0.1, 0.15) is 12.4 Å². The molecule has 1 amide bonds. The number of aromatic nitrogens is 4. The minimum absolute atomic E-state index is 0.125. The number of rotatable bonds is 6. The van der Waals surface area contributed by atoms with Gasteiger partial charge in [-0.25, -0.2) is 4.68 Å². The molecule has 0 bridgehead atoms. The van der Waals surface area contributed by atoms with Gasteiger partial charge in [-0.05, 0) is 46.8 Å². The van der Waals surface area contributed by atoms with E-state index in [0.29, 0.717) is 34.8 Å². The molecule has 1 fully saturated rings. The Kier molecular flexibility index (Phi) is 3.96. The van der Waals surface area contributed by atoms with Crippen LogP contribution in [0.2, 0.25) is 0 Å². The number of amides is 1. The molecule has 0 aliphatic heterocycles. The fourth-order valence-electron chi connectivity index (χ4n) is 2.32. The summed E-state index contributed by atoms with van der Waals surface area (Å²) in [7, 11) is 0. The van der Waals surface area contributed by atoms with Gasteiger partial charge in [-0.3, -0.25) is 4.79 Å². The van der Waals surface area contributed by atoms with Gasteiger partial charge in [0.15, 0.2) is 5.82 Å². The van der Waals surface area contributed by atoms with Crippen LogP contribution in [0, 0.1) is 0 Å². The van der Waals surface area contributed by atoms with E-state index in [1.54, 1.807) is 12.1 Å². The number of ether oxygens (including phenoxy) is 1. The molecule has 4 rings (SSSR count). The summed E-state index contributed by atoms with van der Waals surface area (Å²) in [6, 6.07) is 11.3. The first kappa shape index (κ1) is 14.8. The van der Waals surface area contributed by atoms with Crippen LogP contribution in [0.15, 0.2) is 41.8 Å². The van der Waals surface area contributed by atoms with Crippen molar-refractivity contribution in [1.29, 1.82) is 0 Å². The van der Waals surface area contributed by atoms with Gasteiger partial charge in [-0.1, -0.05) is 12.1 Å². The van der Waals surface area contributed by atoms with Crippen LogP contribution in [-0.4, -0.2) is 26.1 Å². The van der Waals surface area contributed by atoms with E-state index >= 15 is 0 Å². The van der Waals surface area contributed by atoms with E-state index in [9.17, 15) is 4.79 Å². The molecule has 1 saturated carbocycles. The summed E-state index contributed by atoms with van der Waals surface area (Å²) in [4.78, 5) is 12.8. The molecule has 1 N–H and O–H groups in total. The third kappa shape index (κ3) is 3.28. The predicted molar refractivity (Wildman–Crippen MR) is 89.1 cm³/mol. The Morgan fingerprint density at radius 1 is 1.33 bits per heavy atom. The highest BCUT2D eigenvalue weighted by Gasteiger charge is 2.27. The first-order valence-electron chi connectivity index (χ1n) is 7.64. The monoisotopic (exact) mass is 341 g/mol. The zero-order valence-electron chi connectivity index (χ0n) is 12.8. The quantitative estimate of drug-likeness (QED) is 0.745. The number of tetrazole rings is 1. The molecule has 2 heterocycles. The van der Waals surface area contributed by atoms with Gasteiger partial charge >= 0.3 is 0 Å². The number of carbonyl (C=O) groups excluding carboxylic acids is 1. The number of nitrogens with zero attached hydrogens (tertiary/aromatic N) is 4. The average Bonchev–Trinajstić information content (AvgIpc) is 3.11. The Labute approximate surface area is 142 Å². The molecule has 0 unspecified atom stereocenters. The van der Waals surface area contributed by atoms with Gasteiger partial charge < -0.3 is 10.1 Å². The van der Waals surface area contributed by atoms with E-state index in [2.05, 4.69) is 20.8 Å². The topological polar surface area (TPSA) is 81.9 Å². The minimum atomic E-state index is -0.125. The van der Waals surface area contributed by atoms with E-state index < -0.39 is 0 Å².